The monoisotopic (exact) mass is 292 g/mol. The number of rotatable bonds is 4. The van der Waals surface area contributed by atoms with Crippen molar-refractivity contribution in [1.82, 2.24) is 0 Å². The van der Waals surface area contributed by atoms with Crippen LogP contribution in [-0.4, -0.2) is 49.6 Å². The van der Waals surface area contributed by atoms with Crippen molar-refractivity contribution in [2.75, 3.05) is 0 Å². The topological polar surface area (TPSA) is 66.8 Å². The number of phosphoric ester groups is 1. The summed E-state index contributed by atoms with van der Waals surface area (Å²) < 4.78 is 14.7. The maximum absolute atomic E-state index is 10.2. The second kappa shape index (κ2) is 4.98. The zero-order valence-corrected chi connectivity index (χ0v) is 11.0. The molecule has 2 atom stereocenters. The Morgan fingerprint density at radius 3 is 1.90 bits per heavy atom. The van der Waals surface area contributed by atoms with Crippen molar-refractivity contribution in [3.05, 3.63) is 0 Å². The molecule has 0 spiro atoms. The van der Waals surface area contributed by atoms with Crippen molar-refractivity contribution < 1.29 is 18.9 Å². The van der Waals surface area contributed by atoms with Gasteiger partial charge in [0.25, 0.3) is 0 Å². The fourth-order valence-corrected chi connectivity index (χ4v) is 4.52. The Kier molecular flexibility index (Phi) is 5.59. The van der Waals surface area contributed by atoms with Crippen LogP contribution in [0.2, 0.25) is 10.4 Å². The molecule has 4 nitrogen and oxygen atoms in total. The minimum atomic E-state index is -4.23. The first-order chi connectivity index (χ1) is 4.49. The molecule has 0 saturated heterocycles. The van der Waals surface area contributed by atoms with Crippen LogP contribution in [0.15, 0.2) is 0 Å². The standard InChI is InChI=1S/C3H11As2O4P/c4-1-3(2-5)9-10(6,7)8/h3H,1-2,4-5H2,(H2,6,7,8). The Morgan fingerprint density at radius 2 is 1.80 bits per heavy atom. The first-order valence-electron chi connectivity index (χ1n) is 2.63. The van der Waals surface area contributed by atoms with Crippen LogP contribution in [-0.2, 0) is 9.09 Å². The summed E-state index contributed by atoms with van der Waals surface area (Å²) in [7, 11) is -4.23. The summed E-state index contributed by atoms with van der Waals surface area (Å²) in [4.78, 5) is 16.7. The zero-order chi connectivity index (χ0) is 8.20. The summed E-state index contributed by atoms with van der Waals surface area (Å²) in [6.07, 6.45) is -0.263. The average molecular weight is 292 g/mol. The Morgan fingerprint density at radius 1 is 1.40 bits per heavy atom. The summed E-state index contributed by atoms with van der Waals surface area (Å²) in [6.45, 7) is 0. The van der Waals surface area contributed by atoms with Gasteiger partial charge in [-0.25, -0.2) is 0 Å². The molecule has 0 aliphatic carbocycles. The molecular weight excluding hydrogens is 281 g/mol. The molecule has 0 fully saturated rings. The summed E-state index contributed by atoms with van der Waals surface area (Å²) in [5.41, 5.74) is 0. The van der Waals surface area contributed by atoms with E-state index in [9.17, 15) is 4.57 Å². The Balaban J connectivity index is 3.75. The molecule has 2 unspecified atom stereocenters. The Hall–Kier alpha value is 1.23. The van der Waals surface area contributed by atoms with E-state index in [1.54, 1.807) is 0 Å². The summed E-state index contributed by atoms with van der Waals surface area (Å²) >= 11 is 2.84. The quantitative estimate of drug-likeness (QED) is 0.492. The van der Waals surface area contributed by atoms with Crippen LogP contribution < -0.4 is 0 Å². The van der Waals surface area contributed by atoms with Crippen molar-refractivity contribution in [3.63, 3.8) is 0 Å². The molecule has 0 heterocycles. The Labute approximate surface area is 77.0 Å². The summed E-state index contributed by atoms with van der Waals surface area (Å²) in [5, 5.41) is 1.41. The van der Waals surface area contributed by atoms with Crippen LogP contribution in [0, 0.1) is 0 Å². The van der Waals surface area contributed by atoms with Crippen LogP contribution in [0.3, 0.4) is 0 Å². The van der Waals surface area contributed by atoms with Crippen molar-refractivity contribution >= 4 is 41.5 Å². The molecule has 0 saturated carbocycles. The fraction of sp³-hybridized carbons (Fsp3) is 1.00. The van der Waals surface area contributed by atoms with E-state index in [-0.39, 0.29) is 6.10 Å². The van der Waals surface area contributed by atoms with E-state index in [1.807, 2.05) is 0 Å². The molecule has 7 heteroatoms. The van der Waals surface area contributed by atoms with Gasteiger partial charge < -0.3 is 0 Å². The van der Waals surface area contributed by atoms with Crippen molar-refractivity contribution in [2.24, 2.45) is 0 Å². The Bertz CT molecular complexity index is 130. The third-order valence-corrected chi connectivity index (χ3v) is 3.59. The van der Waals surface area contributed by atoms with Crippen LogP contribution in [0.25, 0.3) is 0 Å². The normalized spacial score (nSPS) is 12.5. The molecule has 0 aliphatic rings. The molecule has 0 aliphatic heterocycles. The van der Waals surface area contributed by atoms with Gasteiger partial charge in [-0.05, 0) is 0 Å². The summed E-state index contributed by atoms with van der Waals surface area (Å²) in [5.74, 6) is 0. The van der Waals surface area contributed by atoms with Gasteiger partial charge in [-0.15, -0.1) is 0 Å². The van der Waals surface area contributed by atoms with Gasteiger partial charge in [0.15, 0.2) is 0 Å². The first-order valence-corrected chi connectivity index (χ1v) is 7.59. The molecule has 2 N–H and O–H groups in total. The first kappa shape index (κ1) is 11.2. The average Bonchev–Trinajstić information content (AvgIpc) is 1.81. The van der Waals surface area contributed by atoms with E-state index in [2.05, 4.69) is 4.52 Å². The van der Waals surface area contributed by atoms with E-state index in [1.165, 1.54) is 33.7 Å². The molecule has 10 heavy (non-hydrogen) atoms. The number of phosphoric acid groups is 1. The van der Waals surface area contributed by atoms with Gasteiger partial charge in [0.05, 0.1) is 0 Å². The zero-order valence-electron chi connectivity index (χ0n) is 5.30. The SMILES string of the molecule is O=P(O)(O)OC(C[AsH2])C[AsH2]. The molecule has 0 amide bonds. The molecule has 0 aromatic heterocycles. The minimum absolute atomic E-state index is 0.263. The van der Waals surface area contributed by atoms with Gasteiger partial charge in [0, 0.05) is 0 Å². The summed E-state index contributed by atoms with van der Waals surface area (Å²) in [6, 6.07) is 0. The van der Waals surface area contributed by atoms with Gasteiger partial charge >= 0.3 is 76.9 Å². The predicted molar refractivity (Wildman–Crippen MR) is 43.6 cm³/mol. The molecule has 62 valence electrons. The molecule has 0 rings (SSSR count). The van der Waals surface area contributed by atoms with E-state index >= 15 is 0 Å². The molecule has 0 bridgehead atoms. The number of hydrogen-bond donors (Lipinski definition) is 2. The van der Waals surface area contributed by atoms with Gasteiger partial charge in [0.1, 0.15) is 0 Å². The van der Waals surface area contributed by atoms with Gasteiger partial charge in [0.2, 0.25) is 0 Å². The van der Waals surface area contributed by atoms with Gasteiger partial charge in [-0.1, -0.05) is 0 Å². The number of hydrogen-bond acceptors (Lipinski definition) is 2. The van der Waals surface area contributed by atoms with E-state index in [0.717, 1.165) is 0 Å². The van der Waals surface area contributed by atoms with Gasteiger partial charge in [-0.2, -0.15) is 0 Å². The van der Waals surface area contributed by atoms with Crippen molar-refractivity contribution in [3.8, 4) is 0 Å². The van der Waals surface area contributed by atoms with E-state index < -0.39 is 7.82 Å². The van der Waals surface area contributed by atoms with E-state index in [4.69, 9.17) is 9.79 Å². The van der Waals surface area contributed by atoms with Crippen LogP contribution in [0.5, 0.6) is 0 Å². The molecule has 0 aromatic carbocycles. The van der Waals surface area contributed by atoms with Gasteiger partial charge in [-0.3, -0.25) is 0 Å². The second-order valence-corrected chi connectivity index (χ2v) is 4.86. The molecule has 0 aromatic rings. The third kappa shape index (κ3) is 5.97. The van der Waals surface area contributed by atoms with Crippen LogP contribution in [0.4, 0.5) is 0 Å². The third-order valence-electron chi connectivity index (χ3n) is 0.812. The molecular formula is C3H11As2O4P. The van der Waals surface area contributed by atoms with Crippen molar-refractivity contribution in [1.29, 1.82) is 0 Å². The van der Waals surface area contributed by atoms with Crippen molar-refractivity contribution in [2.45, 2.75) is 16.5 Å². The van der Waals surface area contributed by atoms with Crippen LogP contribution in [0.1, 0.15) is 0 Å². The van der Waals surface area contributed by atoms with Crippen LogP contribution >= 0.6 is 7.82 Å². The predicted octanol–water partition coefficient (Wildman–Crippen LogP) is -1.43. The second-order valence-electron chi connectivity index (χ2n) is 1.69. The maximum atomic E-state index is 10.2. The van der Waals surface area contributed by atoms with E-state index in [0.29, 0.717) is 10.4 Å². The molecule has 0 radical (unpaired) electrons. The fourth-order valence-electron chi connectivity index (χ4n) is 0.376.